The predicted molar refractivity (Wildman–Crippen MR) is 128 cm³/mol. The second-order valence-electron chi connectivity index (χ2n) is 8.24. The molecule has 0 amide bonds. The van der Waals surface area contributed by atoms with Crippen molar-refractivity contribution in [1.82, 2.24) is 0 Å². The molecule has 6 N–H and O–H groups in total. The van der Waals surface area contributed by atoms with Gasteiger partial charge in [-0.15, -0.1) is 0 Å². The van der Waals surface area contributed by atoms with Crippen LogP contribution in [0.25, 0.3) is 0 Å². The molecule has 1 rings (SSSR count). The Morgan fingerprint density at radius 2 is 0.971 bits per heavy atom. The summed E-state index contributed by atoms with van der Waals surface area (Å²) in [6.45, 7) is 2.92. The molecular formula is C23H46N2O10. The molecule has 0 saturated heterocycles. The first-order chi connectivity index (χ1) is 16.8. The molecule has 0 bridgehead atoms. The van der Waals surface area contributed by atoms with Gasteiger partial charge in [0, 0.05) is 39.5 Å². The van der Waals surface area contributed by atoms with Crippen LogP contribution in [0.15, 0.2) is 0 Å². The van der Waals surface area contributed by atoms with E-state index in [9.17, 15) is 19.8 Å². The van der Waals surface area contributed by atoms with Gasteiger partial charge >= 0.3 is 11.9 Å². The number of carbonyl (C=O) groups is 2. The van der Waals surface area contributed by atoms with Gasteiger partial charge < -0.3 is 50.1 Å². The van der Waals surface area contributed by atoms with Gasteiger partial charge in [0.15, 0.2) is 5.41 Å². The van der Waals surface area contributed by atoms with Gasteiger partial charge in [-0.3, -0.25) is 9.59 Å². The van der Waals surface area contributed by atoms with Crippen LogP contribution in [-0.4, -0.2) is 115 Å². The first-order valence-electron chi connectivity index (χ1n) is 12.1. The quantitative estimate of drug-likeness (QED) is 0.132. The van der Waals surface area contributed by atoms with Gasteiger partial charge in [0.2, 0.25) is 0 Å². The Balaban J connectivity index is 0.00000121. The minimum Gasteiger partial charge on any atom is -0.480 e. The summed E-state index contributed by atoms with van der Waals surface area (Å²) < 4.78 is 30.6. The third-order valence-electron chi connectivity index (χ3n) is 5.65. The third kappa shape index (κ3) is 16.1. The maximum Gasteiger partial charge on any atom is 0.321 e. The molecule has 0 aromatic carbocycles. The first-order valence-corrected chi connectivity index (χ1v) is 12.1. The summed E-state index contributed by atoms with van der Waals surface area (Å²) in [7, 11) is 3.13. The molecule has 1 aliphatic rings. The normalized spacial score (nSPS) is 18.1. The fourth-order valence-corrected chi connectivity index (χ4v) is 3.25. The lowest BCUT2D eigenvalue weighted by atomic mass is 9.81. The average Bonchev–Trinajstić information content (AvgIpc) is 2.83. The van der Waals surface area contributed by atoms with E-state index in [1.165, 1.54) is 12.8 Å². The Kier molecular flexibility index (Phi) is 21.0. The summed E-state index contributed by atoms with van der Waals surface area (Å²) in [6, 6.07) is 0.562. The lowest BCUT2D eigenvalue weighted by Crippen LogP contribution is -2.43. The molecule has 1 aliphatic carbocycles. The number of aliphatic carboxylic acids is 2. The highest BCUT2D eigenvalue weighted by molar-refractivity contribution is 5.98. The number of hydrogen-bond acceptors (Lipinski definition) is 10. The van der Waals surface area contributed by atoms with Gasteiger partial charge in [-0.2, -0.15) is 0 Å². The number of carboxylic acids is 2. The molecule has 1 saturated carbocycles. The van der Waals surface area contributed by atoms with Crippen LogP contribution in [0, 0.1) is 5.41 Å². The summed E-state index contributed by atoms with van der Waals surface area (Å²) in [5.74, 6) is -2.82. The van der Waals surface area contributed by atoms with Crippen molar-refractivity contribution in [1.29, 1.82) is 0 Å². The van der Waals surface area contributed by atoms with Gasteiger partial charge in [-0.05, 0) is 25.7 Å². The van der Waals surface area contributed by atoms with Crippen molar-refractivity contribution in [3.05, 3.63) is 0 Å². The number of methoxy groups -OCH3 is 2. The number of hydrogen-bond donors (Lipinski definition) is 4. The zero-order chi connectivity index (χ0) is 26.4. The molecule has 0 radical (unpaired) electrons. The SMILES string of the molecule is COCCOCCOCCC(CCOCCOCCOC)(C(=O)O)C(=O)O.N[C@@H]1CCCC[C@H]1N. The van der Waals surface area contributed by atoms with E-state index in [1.54, 1.807) is 14.2 Å². The van der Waals surface area contributed by atoms with E-state index in [1.807, 2.05) is 0 Å². The summed E-state index contributed by atoms with van der Waals surface area (Å²) in [4.78, 5) is 23.1. The zero-order valence-corrected chi connectivity index (χ0v) is 21.3. The first kappa shape index (κ1) is 33.6. The van der Waals surface area contributed by atoms with E-state index in [0.717, 1.165) is 12.8 Å². The van der Waals surface area contributed by atoms with E-state index in [-0.39, 0.29) is 51.4 Å². The van der Waals surface area contributed by atoms with Gasteiger partial charge in [-0.25, -0.2) is 0 Å². The lowest BCUT2D eigenvalue weighted by Gasteiger charge is -2.24. The molecule has 0 aliphatic heterocycles. The van der Waals surface area contributed by atoms with E-state index in [0.29, 0.717) is 39.6 Å². The molecule has 0 aromatic rings. The summed E-state index contributed by atoms with van der Waals surface area (Å²) >= 11 is 0. The summed E-state index contributed by atoms with van der Waals surface area (Å²) in [5.41, 5.74) is 9.36. The van der Waals surface area contributed by atoms with Gasteiger partial charge in [0.05, 0.1) is 52.9 Å². The average molecular weight is 511 g/mol. The lowest BCUT2D eigenvalue weighted by molar-refractivity contribution is -0.168. The molecule has 208 valence electrons. The topological polar surface area (TPSA) is 182 Å². The van der Waals surface area contributed by atoms with E-state index < -0.39 is 17.4 Å². The molecule has 0 unspecified atom stereocenters. The highest BCUT2D eigenvalue weighted by Crippen LogP contribution is 2.28. The third-order valence-corrected chi connectivity index (χ3v) is 5.65. The van der Waals surface area contributed by atoms with Crippen LogP contribution in [0.2, 0.25) is 0 Å². The zero-order valence-electron chi connectivity index (χ0n) is 21.3. The van der Waals surface area contributed by atoms with E-state index in [2.05, 4.69) is 0 Å². The highest BCUT2D eigenvalue weighted by atomic mass is 16.5. The van der Waals surface area contributed by atoms with Crippen molar-refractivity contribution in [2.45, 2.75) is 50.6 Å². The van der Waals surface area contributed by atoms with E-state index in [4.69, 9.17) is 39.9 Å². The standard InChI is InChI=1S/C17H32O10.C6H14N2/c1-22-7-9-26-13-11-24-5-3-17(15(18)19,16(20)21)4-6-25-12-14-27-10-8-23-2;7-5-3-1-2-4-6(5)8/h3-14H2,1-2H3,(H,18,19)(H,20,21);5-6H,1-4,7-8H2/t;5-,6-/m.1/s1. The van der Waals surface area contributed by atoms with Gasteiger partial charge in [0.25, 0.3) is 0 Å². The van der Waals surface area contributed by atoms with Crippen LogP contribution in [0.4, 0.5) is 0 Å². The second kappa shape index (κ2) is 21.9. The van der Waals surface area contributed by atoms with Gasteiger partial charge in [-0.1, -0.05) is 12.8 Å². The number of nitrogens with two attached hydrogens (primary N) is 2. The summed E-state index contributed by atoms with van der Waals surface area (Å²) in [6.07, 6.45) is 4.47. The minimum absolute atomic E-state index is 0.00757. The molecule has 0 heterocycles. The highest BCUT2D eigenvalue weighted by Gasteiger charge is 2.46. The maximum absolute atomic E-state index is 11.6. The molecular weight excluding hydrogens is 464 g/mol. The Bertz CT molecular complexity index is 492. The number of carboxylic acid groups (broad SMARTS) is 2. The second-order valence-corrected chi connectivity index (χ2v) is 8.24. The van der Waals surface area contributed by atoms with Crippen LogP contribution < -0.4 is 11.5 Å². The van der Waals surface area contributed by atoms with Crippen molar-refractivity contribution < 1.29 is 48.2 Å². The molecule has 0 aromatic heterocycles. The van der Waals surface area contributed by atoms with Crippen LogP contribution in [0.1, 0.15) is 38.5 Å². The largest absolute Gasteiger partial charge is 0.480 e. The van der Waals surface area contributed by atoms with Crippen molar-refractivity contribution in [2.24, 2.45) is 16.9 Å². The molecule has 35 heavy (non-hydrogen) atoms. The number of rotatable bonds is 20. The fraction of sp³-hybridized carbons (Fsp3) is 0.913. The van der Waals surface area contributed by atoms with Crippen LogP contribution in [0.3, 0.4) is 0 Å². The predicted octanol–water partition coefficient (Wildman–Crippen LogP) is 0.496. The Morgan fingerprint density at radius 3 is 1.26 bits per heavy atom. The number of ether oxygens (including phenoxy) is 6. The molecule has 12 nitrogen and oxygen atoms in total. The Hall–Kier alpha value is -1.38. The minimum atomic E-state index is -1.95. The summed E-state index contributed by atoms with van der Waals surface area (Å²) in [5, 5.41) is 18.8. The van der Waals surface area contributed by atoms with Crippen molar-refractivity contribution in [3.63, 3.8) is 0 Å². The van der Waals surface area contributed by atoms with Crippen LogP contribution in [0.5, 0.6) is 0 Å². The molecule has 1 fully saturated rings. The Morgan fingerprint density at radius 1 is 0.657 bits per heavy atom. The van der Waals surface area contributed by atoms with Gasteiger partial charge in [0.1, 0.15) is 0 Å². The Labute approximate surface area is 208 Å². The van der Waals surface area contributed by atoms with Crippen molar-refractivity contribution in [3.8, 4) is 0 Å². The smallest absolute Gasteiger partial charge is 0.321 e. The molecule has 0 spiro atoms. The van der Waals surface area contributed by atoms with Crippen LogP contribution in [-0.2, 0) is 38.0 Å². The fourth-order valence-electron chi connectivity index (χ4n) is 3.25. The monoisotopic (exact) mass is 510 g/mol. The molecule has 2 atom stereocenters. The molecule has 12 heteroatoms. The van der Waals surface area contributed by atoms with Crippen molar-refractivity contribution in [2.75, 3.05) is 80.3 Å². The van der Waals surface area contributed by atoms with Crippen LogP contribution >= 0.6 is 0 Å². The van der Waals surface area contributed by atoms with E-state index >= 15 is 0 Å². The van der Waals surface area contributed by atoms with Crippen molar-refractivity contribution >= 4 is 11.9 Å². The maximum atomic E-state index is 11.6.